The third-order valence-electron chi connectivity index (χ3n) is 2.80. The summed E-state index contributed by atoms with van der Waals surface area (Å²) >= 11 is 0. The van der Waals surface area contributed by atoms with E-state index in [9.17, 15) is 14.9 Å². The molecule has 114 valence electrons. The molecule has 1 heterocycles. The van der Waals surface area contributed by atoms with Crippen molar-refractivity contribution >= 4 is 17.3 Å². The first-order valence-corrected chi connectivity index (χ1v) is 6.16. The number of hydrogen-bond acceptors (Lipinski definition) is 7. The van der Waals surface area contributed by atoms with Crippen LogP contribution in [0.4, 0.5) is 11.4 Å². The van der Waals surface area contributed by atoms with Gasteiger partial charge in [0.25, 0.3) is 5.69 Å². The summed E-state index contributed by atoms with van der Waals surface area (Å²) in [7, 11) is 1.40. The van der Waals surface area contributed by atoms with Crippen molar-refractivity contribution in [2.24, 2.45) is 5.73 Å². The fraction of sp³-hybridized carbons (Fsp3) is 0.417. The van der Waals surface area contributed by atoms with Gasteiger partial charge in [-0.05, 0) is 0 Å². The van der Waals surface area contributed by atoms with Gasteiger partial charge in [0.05, 0.1) is 17.6 Å². The van der Waals surface area contributed by atoms with Crippen molar-refractivity contribution < 1.29 is 23.9 Å². The quantitative estimate of drug-likeness (QED) is 0.590. The zero-order valence-corrected chi connectivity index (χ0v) is 11.3. The van der Waals surface area contributed by atoms with Crippen molar-refractivity contribution in [1.82, 2.24) is 0 Å². The lowest BCUT2D eigenvalue weighted by atomic mass is 10.2. The molecule has 0 radical (unpaired) electrons. The highest BCUT2D eigenvalue weighted by Gasteiger charge is 2.24. The standard InChI is InChI=1S/C12H15N3O6/c1-19-6-7(13)12(16)14-8-4-10-11(21-3-2-20-10)5-9(8)15(17)18/h4-5,7H,2-3,6,13H2,1H3,(H,14,16). The first-order valence-electron chi connectivity index (χ1n) is 6.16. The van der Waals surface area contributed by atoms with E-state index in [0.717, 1.165) is 0 Å². The van der Waals surface area contributed by atoms with Gasteiger partial charge < -0.3 is 25.3 Å². The molecular formula is C12H15N3O6. The number of anilines is 1. The van der Waals surface area contributed by atoms with Crippen molar-refractivity contribution in [3.8, 4) is 11.5 Å². The number of nitrogens with two attached hydrogens (primary N) is 1. The number of hydrogen-bond donors (Lipinski definition) is 2. The maximum atomic E-state index is 11.8. The lowest BCUT2D eigenvalue weighted by Crippen LogP contribution is -2.39. The van der Waals surface area contributed by atoms with Crippen LogP contribution in [0.2, 0.25) is 0 Å². The molecule has 0 saturated carbocycles. The number of fused-ring (bicyclic) bond motifs is 1. The molecule has 0 saturated heterocycles. The number of nitrogens with one attached hydrogen (secondary N) is 1. The van der Waals surface area contributed by atoms with Crippen molar-refractivity contribution in [3.05, 3.63) is 22.2 Å². The molecule has 9 heteroatoms. The molecular weight excluding hydrogens is 282 g/mol. The van der Waals surface area contributed by atoms with E-state index in [1.165, 1.54) is 19.2 Å². The van der Waals surface area contributed by atoms with Gasteiger partial charge in [0.1, 0.15) is 24.9 Å². The predicted octanol–water partition coefficient (Wildman–Crippen LogP) is 0.278. The van der Waals surface area contributed by atoms with Crippen LogP contribution in [0, 0.1) is 10.1 Å². The minimum atomic E-state index is -0.928. The molecule has 2 rings (SSSR count). The molecule has 21 heavy (non-hydrogen) atoms. The second kappa shape index (κ2) is 6.37. The van der Waals surface area contributed by atoms with Crippen LogP contribution in [0.25, 0.3) is 0 Å². The van der Waals surface area contributed by atoms with Gasteiger partial charge in [-0.3, -0.25) is 14.9 Å². The number of carbonyl (C=O) groups excluding carboxylic acids is 1. The normalized spacial score (nSPS) is 14.4. The fourth-order valence-corrected chi connectivity index (χ4v) is 1.81. The Morgan fingerprint density at radius 2 is 2.10 bits per heavy atom. The Kier molecular flexibility index (Phi) is 4.55. The topological polar surface area (TPSA) is 126 Å². The molecule has 0 fully saturated rings. The molecule has 1 aromatic rings. The Morgan fingerprint density at radius 1 is 1.48 bits per heavy atom. The predicted molar refractivity (Wildman–Crippen MR) is 72.6 cm³/mol. The van der Waals surface area contributed by atoms with Gasteiger partial charge in [-0.2, -0.15) is 0 Å². The molecule has 0 bridgehead atoms. The number of ether oxygens (including phenoxy) is 3. The van der Waals surface area contributed by atoms with Crippen molar-refractivity contribution in [2.75, 3.05) is 32.2 Å². The highest BCUT2D eigenvalue weighted by atomic mass is 16.6. The monoisotopic (exact) mass is 297 g/mol. The number of nitro benzene ring substituents is 1. The van der Waals surface area contributed by atoms with E-state index in [-0.39, 0.29) is 23.7 Å². The zero-order chi connectivity index (χ0) is 15.4. The minimum Gasteiger partial charge on any atom is -0.486 e. The molecule has 1 aliphatic rings. The largest absolute Gasteiger partial charge is 0.486 e. The Labute approximate surface area is 120 Å². The van der Waals surface area contributed by atoms with E-state index < -0.39 is 16.9 Å². The summed E-state index contributed by atoms with van der Waals surface area (Å²) < 4.78 is 15.4. The molecule has 1 atom stereocenters. The van der Waals surface area contributed by atoms with Crippen LogP contribution in [0.1, 0.15) is 0 Å². The van der Waals surface area contributed by atoms with Gasteiger partial charge in [0.15, 0.2) is 11.5 Å². The van der Waals surface area contributed by atoms with E-state index >= 15 is 0 Å². The average molecular weight is 297 g/mol. The molecule has 1 aliphatic heterocycles. The molecule has 0 spiro atoms. The maximum absolute atomic E-state index is 11.8. The van der Waals surface area contributed by atoms with Crippen LogP contribution in [-0.2, 0) is 9.53 Å². The number of rotatable bonds is 5. The molecule has 1 amide bonds. The van der Waals surface area contributed by atoms with Crippen LogP contribution >= 0.6 is 0 Å². The number of nitro groups is 1. The Hall–Kier alpha value is -2.39. The maximum Gasteiger partial charge on any atom is 0.296 e. The first-order chi connectivity index (χ1) is 10.0. The Balaban J connectivity index is 2.28. The second-order valence-corrected chi connectivity index (χ2v) is 4.32. The first kappa shape index (κ1) is 15.0. The third kappa shape index (κ3) is 3.38. The van der Waals surface area contributed by atoms with Gasteiger partial charge >= 0.3 is 0 Å². The van der Waals surface area contributed by atoms with Gasteiger partial charge in [0.2, 0.25) is 5.91 Å². The lowest BCUT2D eigenvalue weighted by Gasteiger charge is -2.19. The summed E-state index contributed by atoms with van der Waals surface area (Å²) in [5.74, 6) is 0.0197. The molecule has 1 aromatic carbocycles. The minimum absolute atomic E-state index is 0.000744. The third-order valence-corrected chi connectivity index (χ3v) is 2.80. The van der Waals surface area contributed by atoms with Crippen LogP contribution in [0.15, 0.2) is 12.1 Å². The summed E-state index contributed by atoms with van der Waals surface area (Å²) in [4.78, 5) is 22.3. The molecule has 0 aliphatic carbocycles. The number of nitrogens with zero attached hydrogens (tertiary/aromatic N) is 1. The van der Waals surface area contributed by atoms with E-state index in [2.05, 4.69) is 5.32 Å². The van der Waals surface area contributed by atoms with E-state index in [0.29, 0.717) is 19.0 Å². The van der Waals surface area contributed by atoms with Crippen LogP contribution in [0.5, 0.6) is 11.5 Å². The smallest absolute Gasteiger partial charge is 0.296 e. The summed E-state index contributed by atoms with van der Waals surface area (Å²) in [6.07, 6.45) is 0. The SMILES string of the molecule is COCC(N)C(=O)Nc1cc2c(cc1[N+](=O)[O-])OCCO2. The summed E-state index contributed by atoms with van der Waals surface area (Å²) in [5, 5.41) is 13.5. The van der Waals surface area contributed by atoms with Gasteiger partial charge in [-0.25, -0.2) is 0 Å². The van der Waals surface area contributed by atoms with Gasteiger partial charge in [-0.1, -0.05) is 0 Å². The highest BCUT2D eigenvalue weighted by molar-refractivity contribution is 5.97. The lowest BCUT2D eigenvalue weighted by molar-refractivity contribution is -0.384. The van der Waals surface area contributed by atoms with E-state index in [1.807, 2.05) is 0 Å². The zero-order valence-electron chi connectivity index (χ0n) is 11.3. The molecule has 3 N–H and O–H groups in total. The average Bonchev–Trinajstić information content (AvgIpc) is 2.46. The number of carbonyl (C=O) groups is 1. The summed E-state index contributed by atoms with van der Waals surface area (Å²) in [5.41, 5.74) is 5.28. The van der Waals surface area contributed by atoms with Crippen LogP contribution in [0.3, 0.4) is 0 Å². The van der Waals surface area contributed by atoms with Crippen molar-refractivity contribution in [3.63, 3.8) is 0 Å². The van der Waals surface area contributed by atoms with E-state index in [4.69, 9.17) is 19.9 Å². The number of amides is 1. The second-order valence-electron chi connectivity index (χ2n) is 4.32. The van der Waals surface area contributed by atoms with E-state index in [1.54, 1.807) is 0 Å². The Morgan fingerprint density at radius 3 is 2.67 bits per heavy atom. The van der Waals surface area contributed by atoms with Crippen LogP contribution in [-0.4, -0.2) is 43.8 Å². The summed E-state index contributed by atoms with van der Waals surface area (Å²) in [6, 6.07) is 1.64. The molecule has 1 unspecified atom stereocenters. The number of methoxy groups -OCH3 is 1. The van der Waals surface area contributed by atoms with Crippen molar-refractivity contribution in [2.45, 2.75) is 6.04 Å². The van der Waals surface area contributed by atoms with Gasteiger partial charge in [0, 0.05) is 13.2 Å². The molecule has 0 aromatic heterocycles. The van der Waals surface area contributed by atoms with Crippen LogP contribution < -0.4 is 20.5 Å². The van der Waals surface area contributed by atoms with Crippen molar-refractivity contribution in [1.29, 1.82) is 0 Å². The Bertz CT molecular complexity index is 562. The molecule has 9 nitrogen and oxygen atoms in total. The summed E-state index contributed by atoms with van der Waals surface area (Å²) in [6.45, 7) is 0.653. The highest BCUT2D eigenvalue weighted by Crippen LogP contribution is 2.39. The number of benzene rings is 1. The fourth-order valence-electron chi connectivity index (χ4n) is 1.81. The van der Waals surface area contributed by atoms with Gasteiger partial charge in [-0.15, -0.1) is 0 Å².